The van der Waals surface area contributed by atoms with Gasteiger partial charge in [0.1, 0.15) is 5.82 Å². The molecule has 2 unspecified atom stereocenters. The number of halogens is 5. The van der Waals surface area contributed by atoms with Crippen LogP contribution in [-0.4, -0.2) is 51.3 Å². The average Bonchev–Trinajstić information content (AvgIpc) is 3.39. The number of nitrogens with one attached hydrogen (secondary N) is 2. The molecular formula is C34H29ClF4N6O2. The number of rotatable bonds is 5. The van der Waals surface area contributed by atoms with E-state index in [1.54, 1.807) is 41.1 Å². The van der Waals surface area contributed by atoms with Gasteiger partial charge in [0.25, 0.3) is 5.91 Å². The maximum Gasteiger partial charge on any atom is 0.416 e. The monoisotopic (exact) mass is 664 g/mol. The molecular weight excluding hydrogens is 636 g/mol. The van der Waals surface area contributed by atoms with E-state index in [1.165, 1.54) is 17.0 Å². The Labute approximate surface area is 271 Å². The van der Waals surface area contributed by atoms with Gasteiger partial charge in [-0.3, -0.25) is 9.36 Å². The summed E-state index contributed by atoms with van der Waals surface area (Å²) in [6.07, 6.45) is -4.11. The second-order valence-corrected chi connectivity index (χ2v) is 12.2. The van der Waals surface area contributed by atoms with Crippen molar-refractivity contribution in [1.82, 2.24) is 19.4 Å². The van der Waals surface area contributed by atoms with Crippen molar-refractivity contribution >= 4 is 40.0 Å². The van der Waals surface area contributed by atoms with Crippen LogP contribution < -0.4 is 15.9 Å². The van der Waals surface area contributed by atoms with Crippen molar-refractivity contribution in [2.75, 3.05) is 29.9 Å². The van der Waals surface area contributed by atoms with Crippen LogP contribution in [0.3, 0.4) is 0 Å². The number of piperidine rings is 1. The molecule has 13 heteroatoms. The lowest BCUT2D eigenvalue weighted by Gasteiger charge is -2.35. The summed E-state index contributed by atoms with van der Waals surface area (Å²) >= 11 is 6.07. The summed E-state index contributed by atoms with van der Waals surface area (Å²) in [6.45, 7) is 1.01. The highest BCUT2D eigenvalue weighted by Crippen LogP contribution is 2.38. The molecule has 8 nitrogen and oxygen atoms in total. The Morgan fingerprint density at radius 2 is 1.83 bits per heavy atom. The first-order valence-electron chi connectivity index (χ1n) is 15.2. The van der Waals surface area contributed by atoms with Crippen molar-refractivity contribution < 1.29 is 22.4 Å². The molecule has 1 amide bonds. The van der Waals surface area contributed by atoms with Gasteiger partial charge < -0.3 is 20.1 Å². The van der Waals surface area contributed by atoms with Crippen LogP contribution in [0.15, 0.2) is 83.8 Å². The Bertz CT molecular complexity index is 2040. The Kier molecular flexibility index (Phi) is 7.91. The van der Waals surface area contributed by atoms with Crippen molar-refractivity contribution in [3.05, 3.63) is 111 Å². The summed E-state index contributed by atoms with van der Waals surface area (Å²) in [4.78, 5) is 36.6. The van der Waals surface area contributed by atoms with Gasteiger partial charge in [-0.15, -0.1) is 0 Å². The number of H-pyrrole nitrogens is 1. The number of likely N-dealkylation sites (tertiary alicyclic amines) is 1. The fourth-order valence-corrected chi connectivity index (χ4v) is 6.75. The first-order valence-corrected chi connectivity index (χ1v) is 15.5. The third-order valence-corrected chi connectivity index (χ3v) is 9.05. The number of hydrogen-bond donors (Lipinski definition) is 2. The fourth-order valence-electron chi connectivity index (χ4n) is 6.55. The Morgan fingerprint density at radius 1 is 1.00 bits per heavy atom. The predicted molar refractivity (Wildman–Crippen MR) is 172 cm³/mol. The summed E-state index contributed by atoms with van der Waals surface area (Å²) in [6, 6.07) is 19.0. The molecule has 242 valence electrons. The van der Waals surface area contributed by atoms with Crippen LogP contribution >= 0.6 is 11.6 Å². The third kappa shape index (κ3) is 5.93. The lowest BCUT2D eigenvalue weighted by atomic mass is 10.00. The second kappa shape index (κ2) is 12.1. The zero-order valence-corrected chi connectivity index (χ0v) is 25.7. The number of benzene rings is 3. The SMILES string of the molecule is O=C(c1cccc(-c2cnc3c(c2)N(Cc2cc(Cl)ccc2C(F)(F)F)CCN3)c1)N1CCC(n2c(=O)[nH]c3ccccc32)CC1F. The average molecular weight is 665 g/mol. The smallest absolute Gasteiger partial charge is 0.367 e. The molecule has 0 spiro atoms. The van der Waals surface area contributed by atoms with E-state index < -0.39 is 30.0 Å². The lowest BCUT2D eigenvalue weighted by Crippen LogP contribution is -2.45. The largest absolute Gasteiger partial charge is 0.416 e. The molecule has 4 heterocycles. The Balaban J connectivity index is 1.12. The van der Waals surface area contributed by atoms with Gasteiger partial charge in [0.15, 0.2) is 6.30 Å². The van der Waals surface area contributed by atoms with Gasteiger partial charge in [-0.05, 0) is 66.1 Å². The zero-order chi connectivity index (χ0) is 32.9. The number of imidazole rings is 1. The van der Waals surface area contributed by atoms with Gasteiger partial charge in [0.05, 0.1) is 22.3 Å². The maximum atomic E-state index is 15.6. The molecule has 7 rings (SSSR count). The van der Waals surface area contributed by atoms with Crippen molar-refractivity contribution in [3.8, 4) is 11.1 Å². The highest BCUT2D eigenvalue weighted by Gasteiger charge is 2.35. The maximum absolute atomic E-state index is 15.6. The highest BCUT2D eigenvalue weighted by atomic mass is 35.5. The van der Waals surface area contributed by atoms with E-state index in [-0.39, 0.29) is 41.3 Å². The molecule has 47 heavy (non-hydrogen) atoms. The van der Waals surface area contributed by atoms with Crippen molar-refractivity contribution in [1.29, 1.82) is 0 Å². The summed E-state index contributed by atoms with van der Waals surface area (Å²) in [5.74, 6) is 0.0548. The number of pyridine rings is 1. The second-order valence-electron chi connectivity index (χ2n) is 11.7. The van der Waals surface area contributed by atoms with Crippen LogP contribution in [0.2, 0.25) is 5.02 Å². The molecule has 0 radical (unpaired) electrons. The summed E-state index contributed by atoms with van der Waals surface area (Å²) in [7, 11) is 0. The number of para-hydroxylation sites is 2. The molecule has 2 aromatic heterocycles. The van der Waals surface area contributed by atoms with Gasteiger partial charge in [0, 0.05) is 61.0 Å². The van der Waals surface area contributed by atoms with Gasteiger partial charge in [-0.2, -0.15) is 13.2 Å². The Morgan fingerprint density at radius 3 is 2.64 bits per heavy atom. The van der Waals surface area contributed by atoms with Crippen LogP contribution in [0.25, 0.3) is 22.2 Å². The predicted octanol–water partition coefficient (Wildman–Crippen LogP) is 7.27. The van der Waals surface area contributed by atoms with Gasteiger partial charge in [-0.25, -0.2) is 14.2 Å². The number of carbonyl (C=O) groups excluding carboxylic acids is 1. The number of nitrogens with zero attached hydrogens (tertiary/aromatic N) is 4. The van der Waals surface area contributed by atoms with E-state index in [1.807, 2.05) is 29.2 Å². The topological polar surface area (TPSA) is 86.3 Å². The molecule has 0 bridgehead atoms. The first kappa shape index (κ1) is 30.8. The van der Waals surface area contributed by atoms with Crippen molar-refractivity contribution in [2.45, 2.75) is 37.9 Å². The normalized spacial score (nSPS) is 18.2. The summed E-state index contributed by atoms with van der Waals surface area (Å²) in [5, 5.41) is 3.40. The van der Waals surface area contributed by atoms with E-state index in [0.29, 0.717) is 53.2 Å². The third-order valence-electron chi connectivity index (χ3n) is 8.82. The Hall–Kier alpha value is -4.84. The fraction of sp³-hybridized carbons (Fsp3) is 0.265. The van der Waals surface area contributed by atoms with Crippen LogP contribution in [0, 0.1) is 0 Å². The van der Waals surface area contributed by atoms with Gasteiger partial charge in [0.2, 0.25) is 0 Å². The van der Waals surface area contributed by atoms with Crippen LogP contribution in [0.5, 0.6) is 0 Å². The van der Waals surface area contributed by atoms with Gasteiger partial charge >= 0.3 is 11.9 Å². The number of hydrogen-bond acceptors (Lipinski definition) is 5. The standard InChI is InChI=1S/C34H29ClF4N6O2/c35-24-8-9-26(34(37,38)39)23(15-24)19-43-13-11-40-31-29(43)16-22(18-41-31)20-4-3-5-21(14-20)32(46)44-12-10-25(17-30(44)36)45-28-7-2-1-6-27(28)42-33(45)47/h1-9,14-16,18,25,30H,10-13,17,19H2,(H,40,41)(H,42,47). The molecule has 0 saturated carbocycles. The van der Waals surface area contributed by atoms with Gasteiger partial charge in [-0.1, -0.05) is 35.9 Å². The molecule has 2 N–H and O–H groups in total. The highest BCUT2D eigenvalue weighted by molar-refractivity contribution is 6.30. The van der Waals surface area contributed by atoms with E-state index in [4.69, 9.17) is 11.6 Å². The lowest BCUT2D eigenvalue weighted by molar-refractivity contribution is -0.138. The molecule has 2 aliphatic heterocycles. The quantitative estimate of drug-likeness (QED) is 0.153. The number of aromatic nitrogens is 3. The van der Waals surface area contributed by atoms with E-state index in [9.17, 15) is 22.8 Å². The number of alkyl halides is 4. The minimum absolute atomic E-state index is 0.0204. The zero-order valence-electron chi connectivity index (χ0n) is 24.9. The molecule has 5 aromatic rings. The minimum Gasteiger partial charge on any atom is -0.367 e. The van der Waals surface area contributed by atoms with E-state index in [0.717, 1.165) is 6.07 Å². The number of anilines is 2. The molecule has 2 atom stereocenters. The molecule has 0 aliphatic carbocycles. The number of fused-ring (bicyclic) bond motifs is 2. The van der Waals surface area contributed by atoms with Crippen LogP contribution in [0.4, 0.5) is 29.1 Å². The molecule has 2 aliphatic rings. The first-order chi connectivity index (χ1) is 22.6. The molecule has 1 fully saturated rings. The summed E-state index contributed by atoms with van der Waals surface area (Å²) < 4.78 is 58.5. The minimum atomic E-state index is -4.54. The number of aromatic amines is 1. The number of carbonyl (C=O) groups is 1. The number of amides is 1. The van der Waals surface area contributed by atoms with E-state index in [2.05, 4.69) is 15.3 Å². The van der Waals surface area contributed by atoms with Crippen LogP contribution in [0.1, 0.15) is 40.4 Å². The van der Waals surface area contributed by atoms with E-state index >= 15 is 4.39 Å². The van der Waals surface area contributed by atoms with Crippen molar-refractivity contribution in [3.63, 3.8) is 0 Å². The molecule has 3 aromatic carbocycles. The van der Waals surface area contributed by atoms with Crippen molar-refractivity contribution in [2.24, 2.45) is 0 Å². The molecule has 1 saturated heterocycles. The summed E-state index contributed by atoms with van der Waals surface area (Å²) in [5.41, 5.74) is 2.55. The van der Waals surface area contributed by atoms with Crippen LogP contribution in [-0.2, 0) is 12.7 Å².